The maximum Gasteiger partial charge on any atom is 0.132 e. The number of ether oxygens (including phenoxy) is 1. The van der Waals surface area contributed by atoms with Gasteiger partial charge < -0.3 is 10.5 Å². The van der Waals surface area contributed by atoms with Crippen molar-refractivity contribution < 1.29 is 4.74 Å². The van der Waals surface area contributed by atoms with Crippen molar-refractivity contribution in [2.75, 3.05) is 0 Å². The van der Waals surface area contributed by atoms with Gasteiger partial charge in [0.05, 0.1) is 0 Å². The van der Waals surface area contributed by atoms with Gasteiger partial charge in [0, 0.05) is 11.6 Å². The molecule has 0 saturated heterocycles. The lowest BCUT2D eigenvalue weighted by Crippen LogP contribution is -2.09. The maximum atomic E-state index is 6.12. The monoisotopic (exact) mass is 255 g/mol. The Hall–Kier alpha value is -1.80. The first-order valence-electron chi connectivity index (χ1n) is 6.71. The van der Waals surface area contributed by atoms with Crippen molar-refractivity contribution >= 4 is 0 Å². The van der Waals surface area contributed by atoms with Gasteiger partial charge >= 0.3 is 0 Å². The normalized spacial score (nSPS) is 12.2. The van der Waals surface area contributed by atoms with Gasteiger partial charge in [0.1, 0.15) is 11.5 Å². The third-order valence-corrected chi connectivity index (χ3v) is 3.46. The second kappa shape index (κ2) is 5.89. The van der Waals surface area contributed by atoms with Crippen LogP contribution in [0.1, 0.15) is 36.1 Å². The molecule has 19 heavy (non-hydrogen) atoms. The van der Waals surface area contributed by atoms with E-state index in [9.17, 15) is 0 Å². The summed E-state index contributed by atoms with van der Waals surface area (Å²) >= 11 is 0. The van der Waals surface area contributed by atoms with Crippen molar-refractivity contribution in [3.05, 3.63) is 59.2 Å². The quantitative estimate of drug-likeness (QED) is 0.872. The number of benzene rings is 2. The van der Waals surface area contributed by atoms with Crippen LogP contribution in [-0.4, -0.2) is 0 Å². The first-order valence-corrected chi connectivity index (χ1v) is 6.71. The molecule has 100 valence electrons. The lowest BCUT2D eigenvalue weighted by molar-refractivity contribution is 0.468. The van der Waals surface area contributed by atoms with Crippen LogP contribution in [-0.2, 0) is 0 Å². The minimum absolute atomic E-state index is 0.0164. The van der Waals surface area contributed by atoms with Crippen molar-refractivity contribution in [2.24, 2.45) is 5.73 Å². The fraction of sp³-hybridized carbons (Fsp3) is 0.294. The molecule has 0 fully saturated rings. The van der Waals surface area contributed by atoms with Crippen LogP contribution < -0.4 is 10.5 Å². The van der Waals surface area contributed by atoms with Crippen molar-refractivity contribution in [1.29, 1.82) is 0 Å². The highest BCUT2D eigenvalue weighted by Crippen LogP contribution is 2.30. The molecule has 2 N–H and O–H groups in total. The molecule has 2 nitrogen and oxygen atoms in total. The lowest BCUT2D eigenvalue weighted by atomic mass is 10.0. The molecule has 0 aliphatic heterocycles. The van der Waals surface area contributed by atoms with E-state index in [2.05, 4.69) is 32.9 Å². The van der Waals surface area contributed by atoms with Gasteiger partial charge in [0.25, 0.3) is 0 Å². The van der Waals surface area contributed by atoms with Crippen LogP contribution in [0.25, 0.3) is 0 Å². The van der Waals surface area contributed by atoms with Crippen molar-refractivity contribution in [1.82, 2.24) is 0 Å². The van der Waals surface area contributed by atoms with E-state index < -0.39 is 0 Å². The predicted molar refractivity (Wildman–Crippen MR) is 79.7 cm³/mol. The van der Waals surface area contributed by atoms with Crippen LogP contribution >= 0.6 is 0 Å². The first kappa shape index (κ1) is 13.6. The summed E-state index contributed by atoms with van der Waals surface area (Å²) in [6.45, 7) is 6.27. The molecule has 0 bridgehead atoms. The van der Waals surface area contributed by atoms with E-state index in [1.165, 1.54) is 11.1 Å². The third kappa shape index (κ3) is 3.15. The Kier molecular flexibility index (Phi) is 4.23. The molecule has 2 aromatic rings. The van der Waals surface area contributed by atoms with Gasteiger partial charge in [-0.1, -0.05) is 31.2 Å². The average Bonchev–Trinajstić information content (AvgIpc) is 2.43. The number of hydrogen-bond donors (Lipinski definition) is 1. The molecule has 2 rings (SSSR count). The Bertz CT molecular complexity index is 563. The highest BCUT2D eigenvalue weighted by Gasteiger charge is 2.10. The summed E-state index contributed by atoms with van der Waals surface area (Å²) in [5, 5.41) is 0. The van der Waals surface area contributed by atoms with Crippen molar-refractivity contribution in [3.63, 3.8) is 0 Å². The molecule has 0 saturated carbocycles. The van der Waals surface area contributed by atoms with Crippen LogP contribution in [0.3, 0.4) is 0 Å². The van der Waals surface area contributed by atoms with Crippen LogP contribution in [0.2, 0.25) is 0 Å². The highest BCUT2D eigenvalue weighted by atomic mass is 16.5. The molecular formula is C17H21NO. The van der Waals surface area contributed by atoms with Crippen molar-refractivity contribution in [3.8, 4) is 11.5 Å². The third-order valence-electron chi connectivity index (χ3n) is 3.46. The summed E-state index contributed by atoms with van der Waals surface area (Å²) in [7, 11) is 0. The maximum absolute atomic E-state index is 6.12. The second-order valence-electron chi connectivity index (χ2n) is 4.90. The highest BCUT2D eigenvalue weighted by molar-refractivity contribution is 5.41. The van der Waals surface area contributed by atoms with E-state index in [1.54, 1.807) is 0 Å². The molecule has 0 heterocycles. The van der Waals surface area contributed by atoms with Crippen LogP contribution in [0.15, 0.2) is 42.5 Å². The van der Waals surface area contributed by atoms with Gasteiger partial charge in [0.15, 0.2) is 0 Å². The summed E-state index contributed by atoms with van der Waals surface area (Å²) in [4.78, 5) is 0. The zero-order chi connectivity index (χ0) is 13.8. The minimum atomic E-state index is 0.0164. The van der Waals surface area contributed by atoms with Gasteiger partial charge in [-0.05, 0) is 49.6 Å². The molecule has 2 aromatic carbocycles. The van der Waals surface area contributed by atoms with Gasteiger partial charge in [-0.25, -0.2) is 0 Å². The minimum Gasteiger partial charge on any atom is -0.457 e. The fourth-order valence-corrected chi connectivity index (χ4v) is 2.00. The lowest BCUT2D eigenvalue weighted by Gasteiger charge is -2.16. The van der Waals surface area contributed by atoms with Crippen LogP contribution in [0.5, 0.6) is 11.5 Å². The van der Waals surface area contributed by atoms with Gasteiger partial charge in [-0.15, -0.1) is 0 Å². The topological polar surface area (TPSA) is 35.2 Å². The molecule has 0 amide bonds. The smallest absolute Gasteiger partial charge is 0.132 e. The number of nitrogens with two attached hydrogens (primary N) is 1. The van der Waals surface area contributed by atoms with E-state index >= 15 is 0 Å². The fourth-order valence-electron chi connectivity index (χ4n) is 2.00. The Morgan fingerprint density at radius 3 is 2.47 bits per heavy atom. The van der Waals surface area contributed by atoms with E-state index in [-0.39, 0.29) is 6.04 Å². The molecule has 0 unspecified atom stereocenters. The van der Waals surface area contributed by atoms with E-state index in [0.29, 0.717) is 0 Å². The SMILES string of the molecule is CC[C@H](N)c1ccccc1Oc1ccc(C)c(C)c1. The number of aryl methyl sites for hydroxylation is 2. The summed E-state index contributed by atoms with van der Waals surface area (Å²) < 4.78 is 5.99. The van der Waals surface area contributed by atoms with Gasteiger partial charge in [0.2, 0.25) is 0 Å². The number of hydrogen-bond acceptors (Lipinski definition) is 2. The van der Waals surface area contributed by atoms with Crippen LogP contribution in [0, 0.1) is 13.8 Å². The molecule has 0 aromatic heterocycles. The Labute approximate surface area is 115 Å². The van der Waals surface area contributed by atoms with E-state index in [0.717, 1.165) is 23.5 Å². The summed E-state index contributed by atoms with van der Waals surface area (Å²) in [6.07, 6.45) is 0.896. The number of para-hydroxylation sites is 1. The Morgan fingerprint density at radius 2 is 1.79 bits per heavy atom. The molecule has 2 heteroatoms. The zero-order valence-corrected chi connectivity index (χ0v) is 11.8. The summed E-state index contributed by atoms with van der Waals surface area (Å²) in [5.74, 6) is 1.71. The summed E-state index contributed by atoms with van der Waals surface area (Å²) in [5.41, 5.74) is 9.68. The van der Waals surface area contributed by atoms with Crippen molar-refractivity contribution in [2.45, 2.75) is 33.2 Å². The largest absolute Gasteiger partial charge is 0.457 e. The Morgan fingerprint density at radius 1 is 1.05 bits per heavy atom. The molecule has 0 aliphatic rings. The predicted octanol–water partition coefficient (Wildman–Crippen LogP) is 4.51. The Balaban J connectivity index is 2.30. The standard InChI is InChI=1S/C17H21NO/c1-4-16(18)15-7-5-6-8-17(15)19-14-10-9-12(2)13(3)11-14/h5-11,16H,4,18H2,1-3H3/t16-/m0/s1. The molecule has 1 atom stereocenters. The average molecular weight is 255 g/mol. The second-order valence-corrected chi connectivity index (χ2v) is 4.90. The summed E-state index contributed by atoms with van der Waals surface area (Å²) in [6, 6.07) is 14.1. The molecule has 0 aliphatic carbocycles. The van der Waals surface area contributed by atoms with Crippen LogP contribution in [0.4, 0.5) is 0 Å². The zero-order valence-electron chi connectivity index (χ0n) is 11.8. The van der Waals surface area contributed by atoms with E-state index in [1.807, 2.05) is 30.3 Å². The first-order chi connectivity index (χ1) is 9.11. The molecular weight excluding hydrogens is 234 g/mol. The van der Waals surface area contributed by atoms with Gasteiger partial charge in [-0.2, -0.15) is 0 Å². The molecule has 0 radical (unpaired) electrons. The molecule has 0 spiro atoms. The number of rotatable bonds is 4. The van der Waals surface area contributed by atoms with Gasteiger partial charge in [-0.3, -0.25) is 0 Å². The van der Waals surface area contributed by atoms with E-state index in [4.69, 9.17) is 10.5 Å².